The summed E-state index contributed by atoms with van der Waals surface area (Å²) in [6, 6.07) is 0. The molecule has 0 saturated heterocycles. The molecular formula is C9H16F3NO. The van der Waals surface area contributed by atoms with Crippen LogP contribution in [0.4, 0.5) is 13.2 Å². The van der Waals surface area contributed by atoms with E-state index >= 15 is 0 Å². The average molecular weight is 211 g/mol. The van der Waals surface area contributed by atoms with E-state index < -0.39 is 17.7 Å². The third kappa shape index (κ3) is 2.85. The fourth-order valence-electron chi connectivity index (χ4n) is 2.11. The summed E-state index contributed by atoms with van der Waals surface area (Å²) in [4.78, 5) is 0. The number of hydrogen-bond acceptors (Lipinski definition) is 2. The standard InChI is InChI=1S/C9H16F3NO/c1-13-6-8(14)4-2-3-7(5-8)9(10,11)12/h7,13-14H,2-6H2,1H3. The predicted octanol–water partition coefficient (Wildman–Crippen LogP) is 1.69. The van der Waals surface area contributed by atoms with E-state index in [0.717, 1.165) is 0 Å². The fraction of sp³-hybridized carbons (Fsp3) is 1.00. The molecule has 2 N–H and O–H groups in total. The fourth-order valence-corrected chi connectivity index (χ4v) is 2.11. The van der Waals surface area contributed by atoms with Crippen molar-refractivity contribution in [2.45, 2.75) is 37.5 Å². The van der Waals surface area contributed by atoms with Crippen LogP contribution < -0.4 is 5.32 Å². The minimum absolute atomic E-state index is 0.148. The van der Waals surface area contributed by atoms with Crippen LogP contribution in [0.2, 0.25) is 0 Å². The molecule has 0 radical (unpaired) electrons. The quantitative estimate of drug-likeness (QED) is 0.728. The third-order valence-electron chi connectivity index (χ3n) is 2.79. The van der Waals surface area contributed by atoms with Crippen molar-refractivity contribution in [1.82, 2.24) is 5.32 Å². The number of likely N-dealkylation sites (N-methyl/N-ethyl adjacent to an activating group) is 1. The summed E-state index contributed by atoms with van der Waals surface area (Å²) >= 11 is 0. The maximum atomic E-state index is 12.4. The molecule has 1 fully saturated rings. The second-order valence-electron chi connectivity index (χ2n) is 4.09. The largest absolute Gasteiger partial charge is 0.391 e. The molecule has 1 rings (SSSR count). The maximum Gasteiger partial charge on any atom is 0.391 e. The van der Waals surface area contributed by atoms with E-state index in [9.17, 15) is 18.3 Å². The molecular weight excluding hydrogens is 195 g/mol. The van der Waals surface area contributed by atoms with E-state index in [1.165, 1.54) is 0 Å². The van der Waals surface area contributed by atoms with Crippen molar-refractivity contribution in [3.05, 3.63) is 0 Å². The van der Waals surface area contributed by atoms with Crippen molar-refractivity contribution in [3.8, 4) is 0 Å². The molecule has 1 aliphatic rings. The highest BCUT2D eigenvalue weighted by Crippen LogP contribution is 2.41. The molecule has 0 heterocycles. The first-order chi connectivity index (χ1) is 6.37. The number of rotatable bonds is 2. The van der Waals surface area contributed by atoms with Crippen LogP contribution >= 0.6 is 0 Å². The first-order valence-electron chi connectivity index (χ1n) is 4.81. The van der Waals surface area contributed by atoms with Gasteiger partial charge in [0.05, 0.1) is 11.5 Å². The van der Waals surface area contributed by atoms with Crippen LogP contribution in [0, 0.1) is 5.92 Å². The zero-order valence-corrected chi connectivity index (χ0v) is 8.19. The molecule has 14 heavy (non-hydrogen) atoms. The lowest BCUT2D eigenvalue weighted by atomic mass is 9.77. The monoisotopic (exact) mass is 211 g/mol. The Kier molecular flexibility index (Phi) is 3.42. The van der Waals surface area contributed by atoms with Crippen LogP contribution in [0.1, 0.15) is 25.7 Å². The van der Waals surface area contributed by atoms with Crippen molar-refractivity contribution in [2.24, 2.45) is 5.92 Å². The summed E-state index contributed by atoms with van der Waals surface area (Å²) in [5.41, 5.74) is -1.17. The van der Waals surface area contributed by atoms with Gasteiger partial charge in [0.15, 0.2) is 0 Å². The first kappa shape index (κ1) is 11.8. The second kappa shape index (κ2) is 4.06. The van der Waals surface area contributed by atoms with Gasteiger partial charge in [0.2, 0.25) is 0 Å². The minimum atomic E-state index is -4.16. The van der Waals surface area contributed by atoms with E-state index in [2.05, 4.69) is 5.32 Å². The van der Waals surface area contributed by atoms with Gasteiger partial charge in [0, 0.05) is 6.54 Å². The van der Waals surface area contributed by atoms with Gasteiger partial charge in [0.1, 0.15) is 0 Å². The molecule has 5 heteroatoms. The molecule has 0 spiro atoms. The van der Waals surface area contributed by atoms with Gasteiger partial charge in [-0.05, 0) is 32.7 Å². The third-order valence-corrected chi connectivity index (χ3v) is 2.79. The lowest BCUT2D eigenvalue weighted by molar-refractivity contribution is -0.199. The van der Waals surface area contributed by atoms with E-state index in [-0.39, 0.29) is 19.4 Å². The summed E-state index contributed by atoms with van der Waals surface area (Å²) in [5, 5.41) is 12.6. The SMILES string of the molecule is CNCC1(O)CCCC(C(F)(F)F)C1. The van der Waals surface area contributed by atoms with Crippen molar-refractivity contribution >= 4 is 0 Å². The van der Waals surface area contributed by atoms with Crippen LogP contribution in [0.3, 0.4) is 0 Å². The van der Waals surface area contributed by atoms with Crippen molar-refractivity contribution in [1.29, 1.82) is 0 Å². The highest BCUT2D eigenvalue weighted by Gasteiger charge is 2.46. The lowest BCUT2D eigenvalue weighted by Gasteiger charge is -2.37. The van der Waals surface area contributed by atoms with Gasteiger partial charge >= 0.3 is 6.18 Å². The zero-order valence-electron chi connectivity index (χ0n) is 8.19. The van der Waals surface area contributed by atoms with Crippen LogP contribution in [-0.2, 0) is 0 Å². The van der Waals surface area contributed by atoms with Gasteiger partial charge in [-0.2, -0.15) is 13.2 Å². The van der Waals surface area contributed by atoms with Crippen LogP contribution in [-0.4, -0.2) is 30.5 Å². The predicted molar refractivity (Wildman–Crippen MR) is 46.9 cm³/mol. The topological polar surface area (TPSA) is 32.3 Å². The van der Waals surface area contributed by atoms with Crippen LogP contribution in [0.5, 0.6) is 0 Å². The molecule has 0 aromatic carbocycles. The maximum absolute atomic E-state index is 12.4. The molecule has 2 atom stereocenters. The molecule has 0 aromatic rings. The Hall–Kier alpha value is -0.290. The number of nitrogens with one attached hydrogen (secondary N) is 1. The van der Waals surface area contributed by atoms with Gasteiger partial charge < -0.3 is 10.4 Å². The summed E-state index contributed by atoms with van der Waals surface area (Å²) in [6.45, 7) is 0.236. The van der Waals surface area contributed by atoms with E-state index in [4.69, 9.17) is 0 Å². The Balaban J connectivity index is 2.59. The van der Waals surface area contributed by atoms with Crippen molar-refractivity contribution in [3.63, 3.8) is 0 Å². The molecule has 2 nitrogen and oxygen atoms in total. The lowest BCUT2D eigenvalue weighted by Crippen LogP contribution is -2.46. The Bertz CT molecular complexity index is 191. The van der Waals surface area contributed by atoms with Gasteiger partial charge in [-0.15, -0.1) is 0 Å². The number of alkyl halides is 3. The van der Waals surface area contributed by atoms with Crippen LogP contribution in [0.25, 0.3) is 0 Å². The Morgan fingerprint density at radius 2 is 2.14 bits per heavy atom. The highest BCUT2D eigenvalue weighted by molar-refractivity contribution is 4.90. The number of halogens is 3. The van der Waals surface area contributed by atoms with E-state index in [0.29, 0.717) is 12.8 Å². The van der Waals surface area contributed by atoms with Gasteiger partial charge in [-0.25, -0.2) is 0 Å². The molecule has 0 bridgehead atoms. The van der Waals surface area contributed by atoms with Gasteiger partial charge in [-0.3, -0.25) is 0 Å². The van der Waals surface area contributed by atoms with Crippen molar-refractivity contribution < 1.29 is 18.3 Å². The summed E-state index contributed by atoms with van der Waals surface area (Å²) in [5.74, 6) is -1.34. The molecule has 0 aliphatic heterocycles. The highest BCUT2D eigenvalue weighted by atomic mass is 19.4. The zero-order chi connectivity index (χ0) is 10.8. The normalized spacial score (nSPS) is 34.5. The summed E-state index contributed by atoms with van der Waals surface area (Å²) < 4.78 is 37.2. The minimum Gasteiger partial charge on any atom is -0.389 e. The molecule has 0 aromatic heterocycles. The Morgan fingerprint density at radius 3 is 2.64 bits per heavy atom. The average Bonchev–Trinajstić information content (AvgIpc) is 2.02. The van der Waals surface area contributed by atoms with Crippen LogP contribution in [0.15, 0.2) is 0 Å². The Morgan fingerprint density at radius 1 is 1.50 bits per heavy atom. The molecule has 1 aliphatic carbocycles. The first-order valence-corrected chi connectivity index (χ1v) is 4.81. The van der Waals surface area contributed by atoms with Crippen molar-refractivity contribution in [2.75, 3.05) is 13.6 Å². The molecule has 2 unspecified atom stereocenters. The van der Waals surface area contributed by atoms with Gasteiger partial charge in [-0.1, -0.05) is 0 Å². The smallest absolute Gasteiger partial charge is 0.389 e. The second-order valence-corrected chi connectivity index (χ2v) is 4.09. The number of hydrogen-bond donors (Lipinski definition) is 2. The molecule has 0 amide bonds. The molecule has 1 saturated carbocycles. The molecule has 84 valence electrons. The van der Waals surface area contributed by atoms with E-state index in [1.807, 2.05) is 0 Å². The Labute approximate surface area is 81.5 Å². The van der Waals surface area contributed by atoms with E-state index in [1.54, 1.807) is 7.05 Å². The summed E-state index contributed by atoms with van der Waals surface area (Å²) in [7, 11) is 1.63. The summed E-state index contributed by atoms with van der Waals surface area (Å²) in [6.07, 6.45) is -3.28. The van der Waals surface area contributed by atoms with Gasteiger partial charge in [0.25, 0.3) is 0 Å². The number of aliphatic hydroxyl groups is 1.